The van der Waals surface area contributed by atoms with Crippen LogP contribution in [-0.2, 0) is 0 Å². The summed E-state index contributed by atoms with van der Waals surface area (Å²) in [4.78, 5) is 1.20. The zero-order valence-corrected chi connectivity index (χ0v) is 10.1. The second-order valence-electron chi connectivity index (χ2n) is 3.11. The average Bonchev–Trinajstić information content (AvgIpc) is 2.52. The van der Waals surface area contributed by atoms with E-state index in [0.717, 1.165) is 10.8 Å². The van der Waals surface area contributed by atoms with Gasteiger partial charge in [-0.1, -0.05) is 37.8 Å². The molecule has 1 rings (SSSR count). The molecule has 0 saturated heterocycles. The maximum atomic E-state index is 6.21. The van der Waals surface area contributed by atoms with Gasteiger partial charge in [0.2, 0.25) is 0 Å². The van der Waals surface area contributed by atoms with Crippen molar-refractivity contribution in [1.29, 1.82) is 0 Å². The van der Waals surface area contributed by atoms with Gasteiger partial charge in [-0.15, -0.1) is 22.9 Å². The first-order valence-electron chi connectivity index (χ1n) is 4.63. The summed E-state index contributed by atoms with van der Waals surface area (Å²) in [5, 5.41) is 0.157. The summed E-state index contributed by atoms with van der Waals surface area (Å²) in [7, 11) is 0. The van der Waals surface area contributed by atoms with Crippen LogP contribution in [0, 0.1) is 0 Å². The number of halogens is 2. The van der Waals surface area contributed by atoms with Gasteiger partial charge >= 0.3 is 0 Å². The van der Waals surface area contributed by atoms with Gasteiger partial charge in [0.15, 0.2) is 0 Å². The van der Waals surface area contributed by atoms with Crippen LogP contribution < -0.4 is 0 Å². The highest BCUT2D eigenvalue weighted by Gasteiger charge is 2.09. The van der Waals surface area contributed by atoms with Gasteiger partial charge in [-0.3, -0.25) is 0 Å². The van der Waals surface area contributed by atoms with Gasteiger partial charge in [-0.25, -0.2) is 0 Å². The molecule has 1 aromatic heterocycles. The summed E-state index contributed by atoms with van der Waals surface area (Å²) in [5.41, 5.74) is 0. The lowest BCUT2D eigenvalue weighted by molar-refractivity contribution is 0.659. The van der Waals surface area contributed by atoms with Gasteiger partial charge in [0.1, 0.15) is 0 Å². The molecule has 3 heteroatoms. The Bertz CT molecular complexity index is 245. The SMILES string of the molecule is CCCCCC(Cl)c1ccc(Cl)s1. The van der Waals surface area contributed by atoms with E-state index in [0.29, 0.717) is 0 Å². The topological polar surface area (TPSA) is 0 Å². The van der Waals surface area contributed by atoms with E-state index in [1.54, 1.807) is 11.3 Å². The lowest BCUT2D eigenvalue weighted by Crippen LogP contribution is -1.86. The molecule has 0 aliphatic rings. The minimum absolute atomic E-state index is 0.157. The van der Waals surface area contributed by atoms with Crippen molar-refractivity contribution in [3.8, 4) is 0 Å². The Morgan fingerprint density at radius 2 is 2.15 bits per heavy atom. The fourth-order valence-electron chi connectivity index (χ4n) is 1.21. The van der Waals surface area contributed by atoms with Crippen LogP contribution in [0.25, 0.3) is 0 Å². The molecule has 13 heavy (non-hydrogen) atoms. The summed E-state index contributed by atoms with van der Waals surface area (Å²) in [5.74, 6) is 0. The van der Waals surface area contributed by atoms with Gasteiger partial charge in [0.05, 0.1) is 9.71 Å². The number of rotatable bonds is 5. The maximum Gasteiger partial charge on any atom is 0.0931 e. The van der Waals surface area contributed by atoms with E-state index >= 15 is 0 Å². The zero-order chi connectivity index (χ0) is 9.68. The quantitative estimate of drug-likeness (QED) is 0.484. The van der Waals surface area contributed by atoms with E-state index < -0.39 is 0 Å². The molecule has 74 valence electrons. The van der Waals surface area contributed by atoms with Crippen molar-refractivity contribution in [2.75, 3.05) is 0 Å². The standard InChI is InChI=1S/C10H14Cl2S/c1-2-3-4-5-8(11)9-6-7-10(12)13-9/h6-8H,2-5H2,1H3. The molecule has 0 amide bonds. The molecule has 0 bridgehead atoms. The van der Waals surface area contributed by atoms with Crippen molar-refractivity contribution in [3.63, 3.8) is 0 Å². The first-order chi connectivity index (χ1) is 6.24. The van der Waals surface area contributed by atoms with E-state index in [1.807, 2.05) is 12.1 Å². The van der Waals surface area contributed by atoms with Crippen LogP contribution in [0.1, 0.15) is 42.9 Å². The normalized spacial score (nSPS) is 13.2. The van der Waals surface area contributed by atoms with Gasteiger partial charge in [-0.2, -0.15) is 0 Å². The second-order valence-corrected chi connectivity index (χ2v) is 5.38. The Morgan fingerprint density at radius 1 is 1.38 bits per heavy atom. The molecule has 0 aromatic carbocycles. The Morgan fingerprint density at radius 3 is 2.69 bits per heavy atom. The van der Waals surface area contributed by atoms with E-state index in [-0.39, 0.29) is 5.38 Å². The molecule has 0 nitrogen and oxygen atoms in total. The van der Waals surface area contributed by atoms with E-state index in [2.05, 4.69) is 6.92 Å². The van der Waals surface area contributed by atoms with Crippen molar-refractivity contribution >= 4 is 34.5 Å². The number of unbranched alkanes of at least 4 members (excludes halogenated alkanes) is 2. The largest absolute Gasteiger partial charge is 0.127 e. The molecule has 0 N–H and O–H groups in total. The first-order valence-corrected chi connectivity index (χ1v) is 6.26. The third kappa shape index (κ3) is 3.88. The number of alkyl halides is 1. The van der Waals surface area contributed by atoms with Gasteiger partial charge in [0.25, 0.3) is 0 Å². The first kappa shape index (κ1) is 11.4. The predicted octanol–water partition coefficient (Wildman–Crippen LogP) is 5.26. The molecule has 1 aromatic rings. The second kappa shape index (κ2) is 5.90. The minimum Gasteiger partial charge on any atom is -0.127 e. The highest BCUT2D eigenvalue weighted by molar-refractivity contribution is 7.16. The third-order valence-corrected chi connectivity index (χ3v) is 3.89. The summed E-state index contributed by atoms with van der Waals surface area (Å²) in [6.45, 7) is 2.20. The highest BCUT2D eigenvalue weighted by atomic mass is 35.5. The van der Waals surface area contributed by atoms with Crippen molar-refractivity contribution in [2.45, 2.75) is 38.0 Å². The molecule has 0 radical (unpaired) electrons. The summed E-state index contributed by atoms with van der Waals surface area (Å²) < 4.78 is 0.830. The third-order valence-electron chi connectivity index (χ3n) is 1.96. The maximum absolute atomic E-state index is 6.21. The number of thiophene rings is 1. The number of hydrogen-bond donors (Lipinski definition) is 0. The van der Waals surface area contributed by atoms with Crippen LogP contribution in [0.3, 0.4) is 0 Å². The van der Waals surface area contributed by atoms with E-state index in [9.17, 15) is 0 Å². The molecular weight excluding hydrogens is 223 g/mol. The summed E-state index contributed by atoms with van der Waals surface area (Å²) >= 11 is 13.6. The molecule has 0 saturated carbocycles. The van der Waals surface area contributed by atoms with Crippen LogP contribution in [0.5, 0.6) is 0 Å². The van der Waals surface area contributed by atoms with Crippen molar-refractivity contribution in [3.05, 3.63) is 21.3 Å². The van der Waals surface area contributed by atoms with Crippen LogP contribution in [0.15, 0.2) is 12.1 Å². The molecule has 0 aliphatic carbocycles. The van der Waals surface area contributed by atoms with Crippen LogP contribution in [0.2, 0.25) is 4.34 Å². The highest BCUT2D eigenvalue weighted by Crippen LogP contribution is 2.33. The predicted molar refractivity (Wildman–Crippen MR) is 62.1 cm³/mol. The van der Waals surface area contributed by atoms with Crippen molar-refractivity contribution < 1.29 is 0 Å². The van der Waals surface area contributed by atoms with Crippen molar-refractivity contribution in [1.82, 2.24) is 0 Å². The average molecular weight is 237 g/mol. The lowest BCUT2D eigenvalue weighted by Gasteiger charge is -2.05. The number of hydrogen-bond acceptors (Lipinski definition) is 1. The van der Waals surface area contributed by atoms with Gasteiger partial charge in [0, 0.05) is 4.88 Å². The van der Waals surface area contributed by atoms with E-state index in [4.69, 9.17) is 23.2 Å². The lowest BCUT2D eigenvalue weighted by atomic mass is 10.1. The minimum atomic E-state index is 0.157. The Kier molecular flexibility index (Phi) is 5.15. The molecule has 0 aliphatic heterocycles. The summed E-state index contributed by atoms with van der Waals surface area (Å²) in [6, 6.07) is 3.94. The fraction of sp³-hybridized carbons (Fsp3) is 0.600. The Balaban J connectivity index is 2.35. The van der Waals surface area contributed by atoms with Crippen LogP contribution >= 0.6 is 34.5 Å². The molecule has 1 heterocycles. The molecular formula is C10H14Cl2S. The monoisotopic (exact) mass is 236 g/mol. The molecule has 1 atom stereocenters. The summed E-state index contributed by atoms with van der Waals surface area (Å²) in [6.07, 6.45) is 4.78. The zero-order valence-electron chi connectivity index (χ0n) is 7.72. The Hall–Kier alpha value is 0.280. The van der Waals surface area contributed by atoms with E-state index in [1.165, 1.54) is 24.1 Å². The fourth-order valence-corrected chi connectivity index (χ4v) is 2.65. The molecule has 0 fully saturated rings. The van der Waals surface area contributed by atoms with Crippen molar-refractivity contribution in [2.24, 2.45) is 0 Å². The molecule has 0 spiro atoms. The molecule has 1 unspecified atom stereocenters. The van der Waals surface area contributed by atoms with Gasteiger partial charge in [-0.05, 0) is 18.6 Å². The smallest absolute Gasteiger partial charge is 0.0931 e. The van der Waals surface area contributed by atoms with Crippen LogP contribution in [-0.4, -0.2) is 0 Å². The van der Waals surface area contributed by atoms with Gasteiger partial charge < -0.3 is 0 Å². The Labute approximate surface area is 93.9 Å². The van der Waals surface area contributed by atoms with Crippen LogP contribution in [0.4, 0.5) is 0 Å².